The Hall–Kier alpha value is -3.39. The molecule has 3 N–H and O–H groups in total. The van der Waals surface area contributed by atoms with Crippen LogP contribution in [0.3, 0.4) is 0 Å². The number of benzene rings is 1. The monoisotopic (exact) mass is 642 g/mol. The van der Waals surface area contributed by atoms with Crippen molar-refractivity contribution in [1.82, 2.24) is 9.97 Å². The van der Waals surface area contributed by atoms with Crippen LogP contribution in [-0.2, 0) is 0 Å². The number of aromatic nitrogens is 2. The number of nitrogens with one attached hydrogen (secondary N) is 1. The third kappa shape index (κ3) is 17.6. The van der Waals surface area contributed by atoms with Gasteiger partial charge in [-0.05, 0) is 62.4 Å². The van der Waals surface area contributed by atoms with E-state index >= 15 is 0 Å². The van der Waals surface area contributed by atoms with Crippen LogP contribution in [0, 0.1) is 30.4 Å². The van der Waals surface area contributed by atoms with E-state index in [9.17, 15) is 13.6 Å². The van der Waals surface area contributed by atoms with Gasteiger partial charge in [0.25, 0.3) is 0 Å². The summed E-state index contributed by atoms with van der Waals surface area (Å²) in [7, 11) is 0. The molecule has 0 bridgehead atoms. The van der Waals surface area contributed by atoms with Gasteiger partial charge in [0.1, 0.15) is 22.3 Å². The van der Waals surface area contributed by atoms with Crippen molar-refractivity contribution >= 4 is 28.1 Å². The largest absolute Gasteiger partial charge is 0.382 e. The predicted octanol–water partition coefficient (Wildman–Crippen LogP) is 11.6. The zero-order valence-corrected chi connectivity index (χ0v) is 29.7. The Labute approximate surface area is 275 Å². The van der Waals surface area contributed by atoms with E-state index in [4.69, 9.17) is 5.73 Å². The van der Waals surface area contributed by atoms with Gasteiger partial charge in [0.2, 0.25) is 5.78 Å². The molecule has 0 radical (unpaired) electrons. The molecule has 2 unspecified atom stereocenters. The van der Waals surface area contributed by atoms with Gasteiger partial charge in [-0.2, -0.15) is 0 Å². The van der Waals surface area contributed by atoms with Gasteiger partial charge in [0.15, 0.2) is 5.13 Å². The molecule has 0 amide bonds. The van der Waals surface area contributed by atoms with Gasteiger partial charge >= 0.3 is 0 Å². The van der Waals surface area contributed by atoms with Crippen molar-refractivity contribution in [3.8, 4) is 0 Å². The number of hydrogen-bond acceptors (Lipinski definition) is 6. The van der Waals surface area contributed by atoms with Crippen LogP contribution in [0.25, 0.3) is 0 Å². The fraction of sp³-hybridized carbons (Fsp3) is 0.486. The third-order valence-electron chi connectivity index (χ3n) is 6.75. The van der Waals surface area contributed by atoms with Crippen LogP contribution in [0.4, 0.5) is 19.7 Å². The maximum Gasteiger partial charge on any atom is 0.212 e. The molecule has 3 aromatic rings. The van der Waals surface area contributed by atoms with Crippen LogP contribution < -0.4 is 11.1 Å². The molecule has 2 heterocycles. The summed E-state index contributed by atoms with van der Waals surface area (Å²) in [5.41, 5.74) is 7.05. The predicted molar refractivity (Wildman–Crippen MR) is 191 cm³/mol. The minimum absolute atomic E-state index is 0.000263. The number of nitrogens with zero attached hydrogens (tertiary/aromatic N) is 2. The number of pyridine rings is 1. The molecule has 0 fully saturated rings. The molecule has 0 saturated heterocycles. The second-order valence-electron chi connectivity index (χ2n) is 10.9. The number of carbonyl (C=O) groups excluding carboxylic acids is 1. The van der Waals surface area contributed by atoms with Gasteiger partial charge in [-0.15, -0.1) is 0 Å². The molecule has 2 atom stereocenters. The zero-order chi connectivity index (χ0) is 34.2. The van der Waals surface area contributed by atoms with Crippen molar-refractivity contribution in [1.29, 1.82) is 0 Å². The van der Waals surface area contributed by atoms with Crippen LogP contribution in [0.2, 0.25) is 0 Å². The minimum atomic E-state index is -0.927. The van der Waals surface area contributed by atoms with Crippen molar-refractivity contribution in [2.24, 2.45) is 11.8 Å². The summed E-state index contributed by atoms with van der Waals surface area (Å²) in [6.07, 6.45) is 16.6. The molecule has 8 heteroatoms. The Morgan fingerprint density at radius 3 is 2.00 bits per heavy atom. The summed E-state index contributed by atoms with van der Waals surface area (Å²) >= 11 is 0.963. The lowest BCUT2D eigenvalue weighted by Gasteiger charge is -2.05. The third-order valence-corrected chi connectivity index (χ3v) is 7.74. The van der Waals surface area contributed by atoms with Gasteiger partial charge in [-0.1, -0.05) is 123 Å². The molecule has 0 aliphatic rings. The first-order chi connectivity index (χ1) is 21.5. The van der Waals surface area contributed by atoms with Gasteiger partial charge in [-0.3, -0.25) is 9.78 Å². The first kappa shape index (κ1) is 41.6. The molecule has 0 spiro atoms. The highest BCUT2D eigenvalue weighted by atomic mass is 32.1. The molecular weight excluding hydrogens is 586 g/mol. The lowest BCUT2D eigenvalue weighted by atomic mass is 10.0. The Balaban J connectivity index is 0.000000867. The number of unbranched alkanes of at least 4 members (excludes halogenated alkanes) is 1. The summed E-state index contributed by atoms with van der Waals surface area (Å²) in [5.74, 6) is -1.34. The number of carbonyl (C=O) groups is 1. The second kappa shape index (κ2) is 24.9. The molecule has 5 nitrogen and oxygen atoms in total. The minimum Gasteiger partial charge on any atom is -0.382 e. The van der Waals surface area contributed by atoms with Crippen LogP contribution in [0.5, 0.6) is 0 Å². The standard InChI is InChI=1S/C20H23F2N3OS.C7H16.C6H7N.C4H10/c1-4-7-12(3)10-11-13(5-2)24-20-25-19(23)18(27-20)17(26)16-14(21)8-6-9-15(16)22;1-4-6-7(3)5-2;1-6-4-2-3-5-7-6;1-3-4-2/h5-6,8-12H,4,7,23H2,1-3H3,(H,24,25);7H,4-6H2,1-3H3;2-5H,1H3;3-4H2,1-2H3/b11-10-,13-5+;;;. The lowest BCUT2D eigenvalue weighted by molar-refractivity contribution is 0.103. The molecule has 3 rings (SSSR count). The maximum atomic E-state index is 13.9. The van der Waals surface area contributed by atoms with E-state index in [2.05, 4.69) is 69.8 Å². The summed E-state index contributed by atoms with van der Waals surface area (Å²) < 4.78 is 27.8. The summed E-state index contributed by atoms with van der Waals surface area (Å²) in [6, 6.07) is 9.13. The highest BCUT2D eigenvalue weighted by molar-refractivity contribution is 7.18. The smallest absolute Gasteiger partial charge is 0.212 e. The molecule has 1 aromatic carbocycles. The van der Waals surface area contributed by atoms with E-state index in [1.807, 2.05) is 44.2 Å². The zero-order valence-electron chi connectivity index (χ0n) is 28.9. The number of hydrogen-bond donors (Lipinski definition) is 2. The van der Waals surface area contributed by atoms with Gasteiger partial charge in [-0.25, -0.2) is 13.8 Å². The lowest BCUT2D eigenvalue weighted by Crippen LogP contribution is -2.07. The average molecular weight is 643 g/mol. The van der Waals surface area contributed by atoms with Crippen molar-refractivity contribution in [3.63, 3.8) is 0 Å². The van der Waals surface area contributed by atoms with Crippen LogP contribution in [0.1, 0.15) is 121 Å². The number of ketones is 1. The topological polar surface area (TPSA) is 80.9 Å². The normalized spacial score (nSPS) is 12.1. The number of thiazole rings is 1. The fourth-order valence-electron chi connectivity index (χ4n) is 3.67. The molecular formula is C37H56F2N4OS. The van der Waals surface area contributed by atoms with Gasteiger partial charge in [0.05, 0.1) is 5.56 Å². The number of nitrogens with two attached hydrogens (primary N) is 1. The number of nitrogen functional groups attached to an aromatic ring is 1. The Bertz CT molecular complexity index is 1250. The SMILES string of the molecule is C/C=C(\C=C/C(C)CCC)Nc1nc(N)c(C(=O)c2c(F)cccc2F)s1.CCCC.CCCC(C)CC.Cc1ccccn1. The van der Waals surface area contributed by atoms with Crippen LogP contribution in [-0.4, -0.2) is 15.8 Å². The first-order valence-corrected chi connectivity index (χ1v) is 17.0. The molecule has 2 aromatic heterocycles. The van der Waals surface area contributed by atoms with Crippen molar-refractivity contribution in [3.05, 3.63) is 94.3 Å². The molecule has 0 aliphatic heterocycles. The quantitative estimate of drug-likeness (QED) is 0.152. The number of aryl methyl sites for hydroxylation is 1. The molecule has 45 heavy (non-hydrogen) atoms. The maximum absolute atomic E-state index is 13.9. The van der Waals surface area contributed by atoms with E-state index in [1.165, 1.54) is 38.2 Å². The summed E-state index contributed by atoms with van der Waals surface area (Å²) in [5, 5.41) is 3.47. The van der Waals surface area contributed by atoms with E-state index in [0.717, 1.165) is 53.6 Å². The highest BCUT2D eigenvalue weighted by Gasteiger charge is 2.24. The van der Waals surface area contributed by atoms with E-state index in [1.54, 1.807) is 6.20 Å². The fourth-order valence-corrected chi connectivity index (χ4v) is 4.53. The van der Waals surface area contributed by atoms with Gasteiger partial charge < -0.3 is 11.1 Å². The van der Waals surface area contributed by atoms with Crippen LogP contribution >= 0.6 is 11.3 Å². The molecule has 250 valence electrons. The Morgan fingerprint density at radius 1 is 0.956 bits per heavy atom. The second-order valence-corrected chi connectivity index (χ2v) is 11.9. The van der Waals surface area contributed by atoms with Gasteiger partial charge in [0, 0.05) is 17.6 Å². The number of halogens is 2. The van der Waals surface area contributed by atoms with Crippen molar-refractivity contribution in [2.45, 2.75) is 107 Å². The molecule has 0 saturated carbocycles. The summed E-state index contributed by atoms with van der Waals surface area (Å²) in [6.45, 7) is 19.3. The van der Waals surface area contributed by atoms with Crippen LogP contribution in [0.15, 0.2) is 66.5 Å². The Kier molecular flexibility index (Phi) is 23.0. The van der Waals surface area contributed by atoms with E-state index in [-0.39, 0.29) is 10.7 Å². The first-order valence-electron chi connectivity index (χ1n) is 16.2. The average Bonchev–Trinajstić information content (AvgIpc) is 3.40. The number of anilines is 2. The van der Waals surface area contributed by atoms with Crippen molar-refractivity contribution in [2.75, 3.05) is 11.1 Å². The summed E-state index contributed by atoms with van der Waals surface area (Å²) in [4.78, 5) is 20.6. The Morgan fingerprint density at radius 2 is 1.58 bits per heavy atom. The van der Waals surface area contributed by atoms with Crippen molar-refractivity contribution < 1.29 is 13.6 Å². The number of rotatable bonds is 12. The molecule has 0 aliphatic carbocycles. The van der Waals surface area contributed by atoms with E-state index < -0.39 is 23.0 Å². The highest BCUT2D eigenvalue weighted by Crippen LogP contribution is 2.30. The number of allylic oxidation sites excluding steroid dienone is 3. The van der Waals surface area contributed by atoms with E-state index in [0.29, 0.717) is 11.0 Å².